The third-order valence-corrected chi connectivity index (χ3v) is 6.88. The van der Waals surface area contributed by atoms with E-state index in [4.69, 9.17) is 19.3 Å². The zero-order valence-corrected chi connectivity index (χ0v) is 21.0. The second kappa shape index (κ2) is 10.9. The number of methoxy groups -OCH3 is 2. The van der Waals surface area contributed by atoms with E-state index in [1.54, 1.807) is 31.4 Å². The highest BCUT2D eigenvalue weighted by Crippen LogP contribution is 2.57. The van der Waals surface area contributed by atoms with Gasteiger partial charge in [0.1, 0.15) is 18.2 Å². The van der Waals surface area contributed by atoms with E-state index in [9.17, 15) is 18.7 Å². The molecule has 2 N–H and O–H groups in total. The smallest absolute Gasteiger partial charge is 0.306 e. The number of carboxylic acid groups (broad SMARTS) is 1. The van der Waals surface area contributed by atoms with Crippen LogP contribution >= 0.6 is 0 Å². The van der Waals surface area contributed by atoms with Gasteiger partial charge in [-0.1, -0.05) is 31.2 Å². The van der Waals surface area contributed by atoms with Crippen molar-refractivity contribution < 1.29 is 38.0 Å². The second-order valence-corrected chi connectivity index (χ2v) is 9.60. The van der Waals surface area contributed by atoms with E-state index >= 15 is 0 Å². The number of ether oxygens (including phenoxy) is 3. The normalized spacial score (nSPS) is 15.6. The lowest BCUT2D eigenvalue weighted by atomic mass is 9.87. The van der Waals surface area contributed by atoms with Gasteiger partial charge in [-0.15, -0.1) is 0 Å². The fraction of sp³-hybridized carbons (Fsp3) is 0.345. The number of rotatable bonds is 11. The van der Waals surface area contributed by atoms with Gasteiger partial charge in [0.15, 0.2) is 11.6 Å². The van der Waals surface area contributed by atoms with E-state index in [2.05, 4.69) is 6.92 Å². The summed E-state index contributed by atoms with van der Waals surface area (Å²) < 4.78 is 46.8. The Balaban J connectivity index is 1.67. The Morgan fingerprint density at radius 2 is 1.78 bits per heavy atom. The van der Waals surface area contributed by atoms with Gasteiger partial charge < -0.3 is 24.4 Å². The third-order valence-electron chi connectivity index (χ3n) is 6.88. The number of hydrogen-bond acceptors (Lipinski definition) is 5. The van der Waals surface area contributed by atoms with Gasteiger partial charge in [0.05, 0.1) is 25.7 Å². The van der Waals surface area contributed by atoms with Crippen LogP contribution in [-0.2, 0) is 16.1 Å². The summed E-state index contributed by atoms with van der Waals surface area (Å²) in [6, 6.07) is 14.3. The molecule has 1 aliphatic rings. The highest BCUT2D eigenvalue weighted by Gasteiger charge is 2.46. The monoisotopic (exact) mass is 512 g/mol. The number of hydrogen-bond donors (Lipinski definition) is 2. The van der Waals surface area contributed by atoms with Crippen LogP contribution < -0.4 is 9.47 Å². The molecule has 4 rings (SSSR count). The first kappa shape index (κ1) is 26.6. The van der Waals surface area contributed by atoms with E-state index in [1.165, 1.54) is 31.4 Å². The Morgan fingerprint density at radius 1 is 1.03 bits per heavy atom. The summed E-state index contributed by atoms with van der Waals surface area (Å²) in [7, 11) is 3.16. The van der Waals surface area contributed by atoms with Gasteiger partial charge in [-0.25, -0.2) is 8.78 Å². The summed E-state index contributed by atoms with van der Waals surface area (Å²) >= 11 is 0. The Bertz CT molecular complexity index is 1290. The van der Waals surface area contributed by atoms with E-state index in [0.29, 0.717) is 22.4 Å². The Morgan fingerprint density at radius 3 is 2.43 bits per heavy atom. The van der Waals surface area contributed by atoms with Gasteiger partial charge in [0.2, 0.25) is 0 Å². The lowest BCUT2D eigenvalue weighted by Gasteiger charge is -2.26. The van der Waals surface area contributed by atoms with Crippen molar-refractivity contribution in [3.8, 4) is 22.6 Å². The number of halogens is 2. The Hall–Kier alpha value is -3.49. The Kier molecular flexibility index (Phi) is 7.80. The molecule has 37 heavy (non-hydrogen) atoms. The predicted octanol–water partition coefficient (Wildman–Crippen LogP) is 6.22. The van der Waals surface area contributed by atoms with Crippen LogP contribution in [0.2, 0.25) is 0 Å². The maximum absolute atomic E-state index is 15.0. The van der Waals surface area contributed by atoms with Crippen LogP contribution in [-0.4, -0.2) is 30.4 Å². The fourth-order valence-corrected chi connectivity index (χ4v) is 4.58. The van der Waals surface area contributed by atoms with E-state index in [0.717, 1.165) is 18.4 Å². The van der Waals surface area contributed by atoms with Gasteiger partial charge in [-0.05, 0) is 65.3 Å². The largest absolute Gasteiger partial charge is 0.497 e. The van der Waals surface area contributed by atoms with Crippen LogP contribution in [0, 0.1) is 17.0 Å². The van der Waals surface area contributed by atoms with Crippen LogP contribution in [0.1, 0.15) is 55.1 Å². The molecule has 0 unspecified atom stereocenters. The number of carboxylic acids is 1. The van der Waals surface area contributed by atoms with E-state index < -0.39 is 24.3 Å². The van der Waals surface area contributed by atoms with Crippen molar-refractivity contribution in [3.63, 3.8) is 0 Å². The first-order valence-electron chi connectivity index (χ1n) is 12.0. The lowest BCUT2D eigenvalue weighted by molar-refractivity contribution is -0.139. The van der Waals surface area contributed by atoms with Crippen molar-refractivity contribution in [2.24, 2.45) is 5.41 Å². The quantitative estimate of drug-likeness (QED) is 0.318. The summed E-state index contributed by atoms with van der Waals surface area (Å²) in [4.78, 5) is 10.9. The van der Waals surface area contributed by atoms with Crippen molar-refractivity contribution in [1.29, 1.82) is 0 Å². The minimum atomic E-state index is -1.49. The van der Waals surface area contributed by atoms with Crippen LogP contribution in [0.25, 0.3) is 11.1 Å². The first-order valence-corrected chi connectivity index (χ1v) is 12.0. The molecule has 3 aromatic carbocycles. The molecular weight excluding hydrogens is 482 g/mol. The molecule has 0 saturated heterocycles. The van der Waals surface area contributed by atoms with Crippen molar-refractivity contribution in [2.45, 2.75) is 45.0 Å². The standard InChI is InChI=1S/C29H30F2O6/c1-29(11-12-29)28(36-3)22-13-17(7-9-19(22)21-14-18(35-2)8-10-23(21)30)16-37-25-6-4-5-20(27(25)31)24(32)15-26(33)34/h4-10,13-14,24,28,32H,11-12,15-16H2,1-3H3,(H,33,34)/t24-,28-/m1/s1. The van der Waals surface area contributed by atoms with Crippen LogP contribution in [0.3, 0.4) is 0 Å². The number of benzene rings is 3. The van der Waals surface area contributed by atoms with Crippen LogP contribution in [0.5, 0.6) is 11.5 Å². The van der Waals surface area contributed by atoms with Gasteiger partial charge in [-0.3, -0.25) is 4.79 Å². The topological polar surface area (TPSA) is 85.2 Å². The molecule has 0 spiro atoms. The molecule has 0 aliphatic heterocycles. The molecule has 8 heteroatoms. The summed E-state index contributed by atoms with van der Waals surface area (Å²) in [5, 5.41) is 19.0. The SMILES string of the molecule is COc1ccc(F)c(-c2ccc(COc3cccc([C@H](O)CC(=O)O)c3F)cc2[C@@H](OC)C2(C)CC2)c1. The molecule has 0 aromatic heterocycles. The summed E-state index contributed by atoms with van der Waals surface area (Å²) in [6.45, 7) is 2.12. The van der Waals surface area contributed by atoms with Crippen molar-refractivity contribution in [2.75, 3.05) is 14.2 Å². The van der Waals surface area contributed by atoms with Crippen LogP contribution in [0.4, 0.5) is 8.78 Å². The summed E-state index contributed by atoms with van der Waals surface area (Å²) in [5.41, 5.74) is 2.33. The maximum Gasteiger partial charge on any atom is 0.306 e. The van der Waals surface area contributed by atoms with Crippen molar-refractivity contribution in [3.05, 3.63) is 82.9 Å². The van der Waals surface area contributed by atoms with Gasteiger partial charge in [-0.2, -0.15) is 0 Å². The summed E-state index contributed by atoms with van der Waals surface area (Å²) in [6.07, 6.45) is -0.458. The van der Waals surface area contributed by atoms with E-state index in [1.807, 2.05) is 6.07 Å². The number of carbonyl (C=O) groups is 1. The second-order valence-electron chi connectivity index (χ2n) is 9.60. The van der Waals surface area contributed by atoms with Gasteiger partial charge in [0.25, 0.3) is 0 Å². The van der Waals surface area contributed by atoms with E-state index in [-0.39, 0.29) is 35.3 Å². The van der Waals surface area contributed by atoms with Gasteiger partial charge >= 0.3 is 5.97 Å². The molecule has 6 nitrogen and oxygen atoms in total. The molecule has 196 valence electrons. The summed E-state index contributed by atoms with van der Waals surface area (Å²) in [5.74, 6) is -2.02. The van der Waals surface area contributed by atoms with Crippen molar-refractivity contribution in [1.82, 2.24) is 0 Å². The molecule has 0 heterocycles. The highest BCUT2D eigenvalue weighted by atomic mass is 19.1. The number of aliphatic hydroxyl groups excluding tert-OH is 1. The lowest BCUT2D eigenvalue weighted by Crippen LogP contribution is -2.15. The molecule has 1 fully saturated rings. The predicted molar refractivity (Wildman–Crippen MR) is 133 cm³/mol. The van der Waals surface area contributed by atoms with Crippen LogP contribution in [0.15, 0.2) is 54.6 Å². The maximum atomic E-state index is 15.0. The minimum absolute atomic E-state index is 0.00355. The zero-order valence-electron chi connectivity index (χ0n) is 21.0. The molecule has 1 aliphatic carbocycles. The molecule has 1 saturated carbocycles. The van der Waals surface area contributed by atoms with Crippen molar-refractivity contribution >= 4 is 5.97 Å². The molecule has 2 atom stereocenters. The fourth-order valence-electron chi connectivity index (χ4n) is 4.58. The Labute approximate surface area is 214 Å². The average Bonchev–Trinajstić information content (AvgIpc) is 3.61. The average molecular weight is 513 g/mol. The zero-order chi connectivity index (χ0) is 26.7. The first-order chi connectivity index (χ1) is 17.7. The third kappa shape index (κ3) is 5.76. The highest BCUT2D eigenvalue weighted by molar-refractivity contribution is 5.71. The molecule has 0 radical (unpaired) electrons. The van der Waals surface area contributed by atoms with Gasteiger partial charge in [0, 0.05) is 18.2 Å². The molecular formula is C29H30F2O6. The number of aliphatic hydroxyl groups is 1. The molecule has 0 amide bonds. The molecule has 0 bridgehead atoms. The number of aliphatic carboxylic acids is 1. The molecule has 3 aromatic rings. The minimum Gasteiger partial charge on any atom is -0.497 e.